The zero-order chi connectivity index (χ0) is 10.3. The molecule has 0 aromatic rings. The molecular formula is C7H17CaNO4S. The van der Waals surface area contributed by atoms with E-state index in [0.717, 1.165) is 0 Å². The van der Waals surface area contributed by atoms with Crippen LogP contribution in [0.1, 0.15) is 33.1 Å². The summed E-state index contributed by atoms with van der Waals surface area (Å²) in [6, 6.07) is 0. The van der Waals surface area contributed by atoms with E-state index in [4.69, 9.17) is 0 Å². The quantitative estimate of drug-likeness (QED) is 0.655. The maximum absolute atomic E-state index is 10.9. The summed E-state index contributed by atoms with van der Waals surface area (Å²) < 4.78 is 28.1. The second-order valence-electron chi connectivity index (χ2n) is 2.55. The van der Waals surface area contributed by atoms with E-state index in [1.54, 1.807) is 18.6 Å². The average molecular weight is 251 g/mol. The van der Waals surface area contributed by atoms with Crippen LogP contribution < -0.4 is 4.72 Å². The van der Waals surface area contributed by atoms with Gasteiger partial charge in [-0.15, -0.1) is 0 Å². The molecule has 0 aromatic heterocycles. The van der Waals surface area contributed by atoms with E-state index < -0.39 is 16.2 Å². The molecule has 0 aliphatic rings. The van der Waals surface area contributed by atoms with Crippen molar-refractivity contribution in [2.45, 2.75) is 33.1 Å². The van der Waals surface area contributed by atoms with Crippen LogP contribution in [-0.2, 0) is 19.3 Å². The van der Waals surface area contributed by atoms with Crippen molar-refractivity contribution in [3.05, 3.63) is 0 Å². The summed E-state index contributed by atoms with van der Waals surface area (Å²) in [6.07, 6.45) is 1.38. The van der Waals surface area contributed by atoms with Crippen molar-refractivity contribution < 1.29 is 17.4 Å². The van der Waals surface area contributed by atoms with Gasteiger partial charge >= 0.3 is 48.0 Å². The molecular weight excluding hydrogens is 234 g/mol. The summed E-state index contributed by atoms with van der Waals surface area (Å²) in [4.78, 5) is 10.9. The van der Waals surface area contributed by atoms with Gasteiger partial charge in [-0.3, -0.25) is 8.98 Å². The second kappa shape index (κ2) is 8.91. The number of carbonyl (C=O) groups is 1. The van der Waals surface area contributed by atoms with Gasteiger partial charge in [0.1, 0.15) is 0 Å². The molecule has 5 nitrogen and oxygen atoms in total. The number of hydrogen-bond acceptors (Lipinski definition) is 4. The van der Waals surface area contributed by atoms with E-state index in [1.165, 1.54) is 0 Å². The predicted octanol–water partition coefficient (Wildman–Crippen LogP) is -0.342. The van der Waals surface area contributed by atoms with Gasteiger partial charge in [0.25, 0.3) is 0 Å². The minimum atomic E-state index is -3.86. The van der Waals surface area contributed by atoms with Gasteiger partial charge in [-0.1, -0.05) is 13.8 Å². The molecule has 14 heavy (non-hydrogen) atoms. The van der Waals surface area contributed by atoms with E-state index >= 15 is 0 Å². The van der Waals surface area contributed by atoms with Crippen molar-refractivity contribution in [3.8, 4) is 0 Å². The Balaban J connectivity index is 0. The van der Waals surface area contributed by atoms with Crippen LogP contribution in [-0.4, -0.2) is 58.7 Å². The molecule has 1 N–H and O–H groups in total. The molecule has 0 fully saturated rings. The van der Waals surface area contributed by atoms with Gasteiger partial charge in [0, 0.05) is 6.42 Å². The van der Waals surface area contributed by atoms with Crippen LogP contribution in [0, 0.1) is 0 Å². The molecule has 0 unspecified atom stereocenters. The third-order valence-corrected chi connectivity index (χ3v) is 2.11. The molecule has 0 saturated carbocycles. The van der Waals surface area contributed by atoms with Crippen molar-refractivity contribution >= 4 is 53.9 Å². The van der Waals surface area contributed by atoms with Crippen molar-refractivity contribution in [1.82, 2.24) is 4.72 Å². The minimum absolute atomic E-state index is 0. The van der Waals surface area contributed by atoms with Crippen molar-refractivity contribution in [1.29, 1.82) is 0 Å². The molecule has 82 valence electrons. The molecule has 0 aromatic carbocycles. The normalized spacial score (nSPS) is 10.4. The first kappa shape index (κ1) is 17.0. The first-order valence-corrected chi connectivity index (χ1v) is 5.62. The van der Waals surface area contributed by atoms with Crippen molar-refractivity contribution in [2.24, 2.45) is 0 Å². The Hall–Kier alpha value is 0.640. The Morgan fingerprint density at radius 2 is 1.86 bits per heavy atom. The number of hydrogen-bond donors (Lipinski definition) is 1. The van der Waals surface area contributed by atoms with E-state index in [-0.39, 0.29) is 50.8 Å². The molecule has 7 heteroatoms. The Labute approximate surface area is 115 Å². The summed E-state index contributed by atoms with van der Waals surface area (Å²) in [5.74, 6) is -0.529. The van der Waals surface area contributed by atoms with Crippen LogP contribution in [0.5, 0.6) is 0 Å². The third kappa shape index (κ3) is 9.20. The summed E-state index contributed by atoms with van der Waals surface area (Å²) in [7, 11) is -3.86. The van der Waals surface area contributed by atoms with Gasteiger partial charge in [0.2, 0.25) is 5.91 Å². The van der Waals surface area contributed by atoms with E-state index in [0.29, 0.717) is 12.8 Å². The molecule has 0 aliphatic heterocycles. The fraction of sp³-hybridized carbons (Fsp3) is 0.857. The summed E-state index contributed by atoms with van der Waals surface area (Å²) in [6.45, 7) is 3.66. The average Bonchev–Trinajstić information content (AvgIpc) is 2.00. The molecule has 0 atom stereocenters. The van der Waals surface area contributed by atoms with Crippen LogP contribution in [0.25, 0.3) is 0 Å². The number of rotatable bonds is 6. The van der Waals surface area contributed by atoms with Crippen LogP contribution in [0.2, 0.25) is 0 Å². The van der Waals surface area contributed by atoms with Gasteiger partial charge in [0.05, 0.1) is 6.61 Å². The summed E-state index contributed by atoms with van der Waals surface area (Å²) >= 11 is 0. The van der Waals surface area contributed by atoms with Crippen LogP contribution in [0.3, 0.4) is 0 Å². The van der Waals surface area contributed by atoms with E-state index in [1.807, 2.05) is 0 Å². The van der Waals surface area contributed by atoms with E-state index in [9.17, 15) is 13.2 Å². The van der Waals surface area contributed by atoms with Gasteiger partial charge in [-0.2, -0.15) is 8.42 Å². The molecule has 1 amide bonds. The van der Waals surface area contributed by atoms with Crippen LogP contribution >= 0.6 is 0 Å². The van der Waals surface area contributed by atoms with Gasteiger partial charge in [-0.25, -0.2) is 4.72 Å². The second-order valence-corrected chi connectivity index (χ2v) is 3.90. The third-order valence-electron chi connectivity index (χ3n) is 1.16. The molecule has 0 rings (SSSR count). The molecule has 0 spiro atoms. The van der Waals surface area contributed by atoms with E-state index in [2.05, 4.69) is 4.18 Å². The topological polar surface area (TPSA) is 72.5 Å². The van der Waals surface area contributed by atoms with Crippen molar-refractivity contribution in [3.63, 3.8) is 0 Å². The molecule has 0 bridgehead atoms. The maximum atomic E-state index is 10.9. The SMILES string of the molecule is CCCOS(=O)(=O)NC(=O)CCC.[CaH2]. The predicted molar refractivity (Wildman–Crippen MR) is 56.8 cm³/mol. The Morgan fingerprint density at radius 1 is 1.29 bits per heavy atom. The molecule has 0 heterocycles. The van der Waals surface area contributed by atoms with Gasteiger partial charge in [-0.05, 0) is 12.8 Å². The van der Waals surface area contributed by atoms with Crippen LogP contribution in [0.15, 0.2) is 0 Å². The molecule has 0 aliphatic carbocycles. The Kier molecular flexibility index (Phi) is 10.8. The number of amides is 1. The summed E-state index contributed by atoms with van der Waals surface area (Å²) in [5.41, 5.74) is 0. The van der Waals surface area contributed by atoms with Crippen LogP contribution in [0.4, 0.5) is 0 Å². The first-order valence-electron chi connectivity index (χ1n) is 4.21. The first-order chi connectivity index (χ1) is 6.02. The monoisotopic (exact) mass is 251 g/mol. The molecule has 0 saturated heterocycles. The van der Waals surface area contributed by atoms with Crippen molar-refractivity contribution in [2.75, 3.05) is 6.61 Å². The Morgan fingerprint density at radius 3 is 2.29 bits per heavy atom. The number of nitrogens with one attached hydrogen (secondary N) is 1. The zero-order valence-electron chi connectivity index (χ0n) is 7.87. The van der Waals surface area contributed by atoms with Gasteiger partial charge in [0.15, 0.2) is 0 Å². The number of carbonyl (C=O) groups excluding carboxylic acids is 1. The standard InChI is InChI=1S/C7H15NO4S.Ca.2H/c1-3-5-7(9)8-13(10,11)12-6-4-2;;;/h3-6H2,1-2H3,(H,8,9);;;. The molecule has 0 radical (unpaired) electrons. The Bertz CT molecular complexity index is 252. The van der Waals surface area contributed by atoms with Gasteiger partial charge < -0.3 is 0 Å². The fourth-order valence-electron chi connectivity index (χ4n) is 0.640. The fourth-order valence-corrected chi connectivity index (χ4v) is 1.47. The zero-order valence-corrected chi connectivity index (χ0v) is 8.69. The summed E-state index contributed by atoms with van der Waals surface area (Å²) in [5, 5.41) is 0.